The molecule has 0 spiro atoms. The van der Waals surface area contributed by atoms with E-state index in [9.17, 15) is 4.79 Å². The summed E-state index contributed by atoms with van der Waals surface area (Å²) in [5, 5.41) is 20.6. The summed E-state index contributed by atoms with van der Waals surface area (Å²) in [7, 11) is 1.54. The third-order valence-corrected chi connectivity index (χ3v) is 1.94. The van der Waals surface area contributed by atoms with Crippen molar-refractivity contribution >= 4 is 11.7 Å². The molecule has 0 radical (unpaired) electrons. The lowest BCUT2D eigenvalue weighted by Gasteiger charge is -2.16. The number of methoxy groups -OCH3 is 1. The van der Waals surface area contributed by atoms with Crippen LogP contribution in [-0.4, -0.2) is 47.5 Å². The van der Waals surface area contributed by atoms with Crippen LogP contribution >= 0.6 is 0 Å². The van der Waals surface area contributed by atoms with Crippen molar-refractivity contribution in [1.29, 1.82) is 0 Å². The largest absolute Gasteiger partial charge is 0.477 e. The zero-order valence-corrected chi connectivity index (χ0v) is 8.88. The van der Waals surface area contributed by atoms with Crippen molar-refractivity contribution in [3.05, 3.63) is 24.0 Å². The van der Waals surface area contributed by atoms with Gasteiger partial charge in [0.2, 0.25) is 0 Å². The average Bonchev–Trinajstić information content (AvgIpc) is 2.29. The quantitative estimate of drug-likeness (QED) is 0.641. The Labute approximate surface area is 92.9 Å². The summed E-state index contributed by atoms with van der Waals surface area (Å²) in [6, 6.07) is 2.75. The first-order valence-electron chi connectivity index (χ1n) is 4.73. The monoisotopic (exact) mass is 226 g/mol. The fraction of sp³-hybridized carbons (Fsp3) is 0.400. The predicted octanol–water partition coefficient (Wildman–Crippen LogP) is 0.199. The third-order valence-electron chi connectivity index (χ3n) is 1.94. The second kappa shape index (κ2) is 6.04. The van der Waals surface area contributed by atoms with Crippen molar-refractivity contribution in [1.82, 2.24) is 4.98 Å². The normalized spacial score (nSPS) is 12.1. The molecule has 1 aromatic heterocycles. The number of ether oxygens (including phenoxy) is 1. The second-order valence-electron chi connectivity index (χ2n) is 3.22. The lowest BCUT2D eigenvalue weighted by molar-refractivity contribution is 0.0690. The van der Waals surface area contributed by atoms with Gasteiger partial charge in [0.05, 0.1) is 31.1 Å². The molecule has 0 fully saturated rings. The van der Waals surface area contributed by atoms with Crippen molar-refractivity contribution in [3.8, 4) is 0 Å². The number of rotatable bonds is 6. The van der Waals surface area contributed by atoms with Crippen molar-refractivity contribution < 1.29 is 19.7 Å². The van der Waals surface area contributed by atoms with Gasteiger partial charge in [-0.05, 0) is 12.1 Å². The van der Waals surface area contributed by atoms with Gasteiger partial charge in [0, 0.05) is 7.11 Å². The molecular weight excluding hydrogens is 212 g/mol. The highest BCUT2D eigenvalue weighted by molar-refractivity contribution is 5.85. The molecule has 3 N–H and O–H groups in total. The van der Waals surface area contributed by atoms with Crippen molar-refractivity contribution in [2.75, 3.05) is 25.6 Å². The van der Waals surface area contributed by atoms with Gasteiger partial charge in [0.1, 0.15) is 5.69 Å². The molecule has 0 aliphatic carbocycles. The first-order chi connectivity index (χ1) is 7.67. The molecule has 0 amide bonds. The third kappa shape index (κ3) is 3.48. The number of aliphatic hydroxyl groups is 1. The van der Waals surface area contributed by atoms with Gasteiger partial charge < -0.3 is 20.3 Å². The first kappa shape index (κ1) is 12.4. The smallest absolute Gasteiger partial charge is 0.354 e. The van der Waals surface area contributed by atoms with Crippen LogP contribution in [0.5, 0.6) is 0 Å². The Bertz CT molecular complexity index is 339. The number of hydrogen-bond donors (Lipinski definition) is 3. The number of aromatic nitrogens is 1. The van der Waals surface area contributed by atoms with Crippen LogP contribution in [0.1, 0.15) is 10.5 Å². The van der Waals surface area contributed by atoms with Crippen LogP contribution in [0.25, 0.3) is 0 Å². The maximum absolute atomic E-state index is 10.6. The topological polar surface area (TPSA) is 91.7 Å². The summed E-state index contributed by atoms with van der Waals surface area (Å²) in [6.45, 7) is 0.283. The van der Waals surface area contributed by atoms with Crippen molar-refractivity contribution in [2.45, 2.75) is 6.04 Å². The standard InChI is InChI=1S/C10H14N2O4/c1-16-6-8(5-13)12-7-2-3-9(10(14)15)11-4-7/h2-4,8,12-13H,5-6H2,1H3,(H,14,15). The summed E-state index contributed by atoms with van der Waals surface area (Å²) in [4.78, 5) is 14.3. The van der Waals surface area contributed by atoms with Gasteiger partial charge >= 0.3 is 5.97 Å². The van der Waals surface area contributed by atoms with Gasteiger partial charge in [0.15, 0.2) is 0 Å². The van der Waals surface area contributed by atoms with E-state index in [4.69, 9.17) is 14.9 Å². The molecular formula is C10H14N2O4. The minimum Gasteiger partial charge on any atom is -0.477 e. The van der Waals surface area contributed by atoms with E-state index in [0.717, 1.165) is 0 Å². The highest BCUT2D eigenvalue weighted by Gasteiger charge is 2.08. The Morgan fingerprint density at radius 1 is 1.62 bits per heavy atom. The number of nitrogens with zero attached hydrogens (tertiary/aromatic N) is 1. The van der Waals surface area contributed by atoms with Gasteiger partial charge in [-0.3, -0.25) is 0 Å². The number of pyridine rings is 1. The Morgan fingerprint density at radius 2 is 2.38 bits per heavy atom. The molecule has 0 aliphatic rings. The molecule has 0 saturated carbocycles. The number of nitrogens with one attached hydrogen (secondary N) is 1. The molecule has 6 heteroatoms. The number of carboxylic acids is 1. The molecule has 0 bridgehead atoms. The number of carbonyl (C=O) groups is 1. The van der Waals surface area contributed by atoms with Crippen LogP contribution in [0.15, 0.2) is 18.3 Å². The van der Waals surface area contributed by atoms with E-state index in [1.54, 1.807) is 6.07 Å². The Kier molecular flexibility index (Phi) is 4.68. The van der Waals surface area contributed by atoms with Crippen LogP contribution in [0, 0.1) is 0 Å². The summed E-state index contributed by atoms with van der Waals surface area (Å²) < 4.78 is 4.89. The van der Waals surface area contributed by atoms with E-state index in [2.05, 4.69) is 10.3 Å². The molecule has 88 valence electrons. The SMILES string of the molecule is COCC(CO)Nc1ccc(C(=O)O)nc1. The van der Waals surface area contributed by atoms with E-state index < -0.39 is 5.97 Å². The van der Waals surface area contributed by atoms with E-state index in [1.807, 2.05) is 0 Å². The maximum atomic E-state index is 10.6. The second-order valence-corrected chi connectivity index (χ2v) is 3.22. The number of anilines is 1. The van der Waals surface area contributed by atoms with Crippen molar-refractivity contribution in [2.24, 2.45) is 0 Å². The predicted molar refractivity (Wildman–Crippen MR) is 57.6 cm³/mol. The van der Waals surface area contributed by atoms with E-state index >= 15 is 0 Å². The van der Waals surface area contributed by atoms with Crippen LogP contribution in [0.2, 0.25) is 0 Å². The fourth-order valence-corrected chi connectivity index (χ4v) is 1.18. The molecule has 1 aromatic rings. The molecule has 0 aliphatic heterocycles. The Morgan fingerprint density at radius 3 is 2.81 bits per heavy atom. The summed E-state index contributed by atoms with van der Waals surface area (Å²) >= 11 is 0. The number of aliphatic hydroxyl groups excluding tert-OH is 1. The van der Waals surface area contributed by atoms with Crippen LogP contribution in [-0.2, 0) is 4.74 Å². The highest BCUT2D eigenvalue weighted by atomic mass is 16.5. The van der Waals surface area contributed by atoms with Gasteiger partial charge in [0.25, 0.3) is 0 Å². The Balaban J connectivity index is 2.63. The molecule has 0 aromatic carbocycles. The molecule has 1 atom stereocenters. The maximum Gasteiger partial charge on any atom is 0.354 e. The molecule has 0 saturated heterocycles. The lowest BCUT2D eigenvalue weighted by atomic mass is 10.3. The molecule has 16 heavy (non-hydrogen) atoms. The van der Waals surface area contributed by atoms with Gasteiger partial charge in [-0.15, -0.1) is 0 Å². The molecule has 1 heterocycles. The summed E-state index contributed by atoms with van der Waals surface area (Å²) in [5.74, 6) is -1.07. The van der Waals surface area contributed by atoms with Crippen LogP contribution in [0.4, 0.5) is 5.69 Å². The lowest BCUT2D eigenvalue weighted by Crippen LogP contribution is -2.28. The minimum absolute atomic E-state index is 0.0159. The van der Waals surface area contributed by atoms with Crippen LogP contribution < -0.4 is 5.32 Å². The van der Waals surface area contributed by atoms with E-state index in [0.29, 0.717) is 12.3 Å². The number of carboxylic acid groups (broad SMARTS) is 1. The average molecular weight is 226 g/mol. The van der Waals surface area contributed by atoms with Gasteiger partial charge in [-0.2, -0.15) is 0 Å². The number of hydrogen-bond acceptors (Lipinski definition) is 5. The minimum atomic E-state index is -1.07. The fourth-order valence-electron chi connectivity index (χ4n) is 1.18. The Hall–Kier alpha value is -1.66. The van der Waals surface area contributed by atoms with E-state index in [-0.39, 0.29) is 18.3 Å². The highest BCUT2D eigenvalue weighted by Crippen LogP contribution is 2.08. The molecule has 1 unspecified atom stereocenters. The van der Waals surface area contributed by atoms with Crippen molar-refractivity contribution in [3.63, 3.8) is 0 Å². The summed E-state index contributed by atoms with van der Waals surface area (Å²) in [5.41, 5.74) is 0.624. The van der Waals surface area contributed by atoms with Crippen LogP contribution in [0.3, 0.4) is 0 Å². The first-order valence-corrected chi connectivity index (χ1v) is 4.73. The zero-order chi connectivity index (χ0) is 12.0. The van der Waals surface area contributed by atoms with Gasteiger partial charge in [-0.25, -0.2) is 9.78 Å². The van der Waals surface area contributed by atoms with E-state index in [1.165, 1.54) is 19.4 Å². The number of aromatic carboxylic acids is 1. The van der Waals surface area contributed by atoms with Gasteiger partial charge in [-0.1, -0.05) is 0 Å². The zero-order valence-electron chi connectivity index (χ0n) is 8.88. The molecule has 6 nitrogen and oxygen atoms in total. The molecule has 1 rings (SSSR count). The summed E-state index contributed by atoms with van der Waals surface area (Å²) in [6.07, 6.45) is 1.40.